The highest BCUT2D eigenvalue weighted by Gasteiger charge is 2.09. The van der Waals surface area contributed by atoms with Crippen molar-refractivity contribution in [1.29, 1.82) is 0 Å². The lowest BCUT2D eigenvalue weighted by Crippen LogP contribution is -2.04. The van der Waals surface area contributed by atoms with Gasteiger partial charge < -0.3 is 16.4 Å². The molecule has 0 aliphatic carbocycles. The number of benzene rings is 1. The Labute approximate surface area is 135 Å². The fourth-order valence-corrected chi connectivity index (χ4v) is 3.20. The van der Waals surface area contributed by atoms with Gasteiger partial charge in [0, 0.05) is 28.7 Å². The Hall–Kier alpha value is -3.00. The molecule has 0 fully saturated rings. The number of hydrogen-bond acceptors (Lipinski definition) is 8. The zero-order valence-corrected chi connectivity index (χ0v) is 13.1. The summed E-state index contributed by atoms with van der Waals surface area (Å²) in [6, 6.07) is 8.18. The summed E-state index contributed by atoms with van der Waals surface area (Å²) in [5.74, 6) is 1.26. The van der Waals surface area contributed by atoms with Gasteiger partial charge in [-0.2, -0.15) is 15.0 Å². The first-order chi connectivity index (χ1) is 11.2. The highest BCUT2D eigenvalue weighted by molar-refractivity contribution is 7.17. The Morgan fingerprint density at radius 3 is 2.74 bits per heavy atom. The number of nitrogens with zero attached hydrogens (tertiary/aromatic N) is 4. The minimum atomic E-state index is 0.354. The monoisotopic (exact) mass is 323 g/mol. The maximum absolute atomic E-state index is 5.90. The predicted molar refractivity (Wildman–Crippen MR) is 94.2 cm³/mol. The van der Waals surface area contributed by atoms with E-state index in [0.717, 1.165) is 11.1 Å². The summed E-state index contributed by atoms with van der Waals surface area (Å²) < 4.78 is 1.21. The molecule has 114 valence electrons. The van der Waals surface area contributed by atoms with Crippen molar-refractivity contribution >= 4 is 55.9 Å². The van der Waals surface area contributed by atoms with Crippen LogP contribution in [0.15, 0.2) is 35.8 Å². The molecule has 1 aromatic carbocycles. The van der Waals surface area contributed by atoms with E-state index >= 15 is 0 Å². The molecule has 0 amide bonds. The van der Waals surface area contributed by atoms with E-state index in [4.69, 9.17) is 5.73 Å². The molecule has 0 atom stereocenters. The van der Waals surface area contributed by atoms with Gasteiger partial charge in [-0.25, -0.2) is 4.98 Å². The molecule has 4 aromatic rings. The van der Waals surface area contributed by atoms with Crippen LogP contribution in [0.25, 0.3) is 21.1 Å². The molecular formula is C15H13N7S. The molecule has 3 heterocycles. The van der Waals surface area contributed by atoms with Crippen LogP contribution in [-0.4, -0.2) is 27.0 Å². The first-order valence-electron chi connectivity index (χ1n) is 6.96. The first-order valence-corrected chi connectivity index (χ1v) is 7.84. The minimum Gasteiger partial charge on any atom is -0.383 e. The van der Waals surface area contributed by atoms with Gasteiger partial charge in [0.05, 0.1) is 11.1 Å². The molecule has 3 aromatic heterocycles. The molecule has 0 unspecified atom stereocenters. The van der Waals surface area contributed by atoms with Gasteiger partial charge in [-0.15, -0.1) is 11.3 Å². The van der Waals surface area contributed by atoms with Gasteiger partial charge >= 0.3 is 0 Å². The van der Waals surface area contributed by atoms with Crippen molar-refractivity contribution in [3.63, 3.8) is 0 Å². The zero-order valence-electron chi connectivity index (χ0n) is 12.2. The minimum absolute atomic E-state index is 0.354. The smallest absolute Gasteiger partial charge is 0.229 e. The van der Waals surface area contributed by atoms with Crippen LogP contribution in [-0.2, 0) is 0 Å². The number of nitrogen functional groups attached to an aromatic ring is 1. The fraction of sp³-hybridized carbons (Fsp3) is 0.0667. The summed E-state index contributed by atoms with van der Waals surface area (Å²) in [6.45, 7) is 0. The van der Waals surface area contributed by atoms with Crippen molar-refractivity contribution in [1.82, 2.24) is 19.9 Å². The molecule has 0 radical (unpaired) electrons. The van der Waals surface area contributed by atoms with Crippen molar-refractivity contribution in [3.8, 4) is 0 Å². The number of nitrogens with one attached hydrogen (secondary N) is 2. The van der Waals surface area contributed by atoms with Gasteiger partial charge in [0.1, 0.15) is 5.82 Å². The Balaban J connectivity index is 1.77. The molecule has 0 saturated carbocycles. The molecule has 8 heteroatoms. The Kier molecular flexibility index (Phi) is 3.16. The van der Waals surface area contributed by atoms with E-state index in [2.05, 4.69) is 42.7 Å². The van der Waals surface area contributed by atoms with E-state index in [1.54, 1.807) is 24.6 Å². The Morgan fingerprint density at radius 2 is 1.87 bits per heavy atom. The number of thiophene rings is 1. The quantitative estimate of drug-likeness (QED) is 0.532. The summed E-state index contributed by atoms with van der Waals surface area (Å²) in [4.78, 5) is 17.2. The normalized spacial score (nSPS) is 11.0. The van der Waals surface area contributed by atoms with Gasteiger partial charge in [0.15, 0.2) is 5.65 Å². The van der Waals surface area contributed by atoms with E-state index in [9.17, 15) is 0 Å². The molecule has 4 rings (SSSR count). The number of fused-ring (bicyclic) bond motifs is 2. The third kappa shape index (κ3) is 2.38. The molecular weight excluding hydrogens is 310 g/mol. The van der Waals surface area contributed by atoms with Gasteiger partial charge in [0.2, 0.25) is 11.9 Å². The van der Waals surface area contributed by atoms with Crippen LogP contribution in [0.1, 0.15) is 0 Å². The Morgan fingerprint density at radius 1 is 1.04 bits per heavy atom. The number of rotatable bonds is 3. The third-order valence-corrected chi connectivity index (χ3v) is 4.40. The van der Waals surface area contributed by atoms with Gasteiger partial charge in [-0.3, -0.25) is 0 Å². The first kappa shape index (κ1) is 13.6. The number of nitrogens with two attached hydrogens (primary N) is 1. The fourth-order valence-electron chi connectivity index (χ4n) is 2.31. The maximum Gasteiger partial charge on any atom is 0.229 e. The van der Waals surface area contributed by atoms with Gasteiger partial charge in [-0.05, 0) is 6.07 Å². The van der Waals surface area contributed by atoms with Gasteiger partial charge in [-0.1, -0.05) is 18.2 Å². The number of anilines is 4. The second-order valence-corrected chi connectivity index (χ2v) is 5.80. The summed E-state index contributed by atoms with van der Waals surface area (Å²) >= 11 is 1.67. The van der Waals surface area contributed by atoms with E-state index in [1.165, 1.54) is 4.70 Å². The summed E-state index contributed by atoms with van der Waals surface area (Å²) in [5.41, 5.74) is 7.38. The number of hydrogen-bond donors (Lipinski definition) is 3. The average Bonchev–Trinajstić information content (AvgIpc) is 2.97. The molecule has 0 saturated heterocycles. The van der Waals surface area contributed by atoms with Crippen LogP contribution in [0, 0.1) is 0 Å². The number of aromatic nitrogens is 4. The zero-order chi connectivity index (χ0) is 15.8. The standard InChI is InChI=1S/C15H13N7S/c1-17-14-20-12(16)9-6-18-15(22-13(9)21-14)19-10-7-23-11-5-3-2-4-8(10)11/h2-7H,1H3,(H4,16,17,18,19,20,21,22). The van der Waals surface area contributed by atoms with E-state index in [1.807, 2.05) is 17.5 Å². The van der Waals surface area contributed by atoms with Crippen molar-refractivity contribution in [2.45, 2.75) is 0 Å². The molecule has 0 bridgehead atoms. The lowest BCUT2D eigenvalue weighted by molar-refractivity contribution is 1.13. The van der Waals surface area contributed by atoms with Crippen LogP contribution in [0.2, 0.25) is 0 Å². The highest BCUT2D eigenvalue weighted by atomic mass is 32.1. The van der Waals surface area contributed by atoms with Crippen LogP contribution in [0.5, 0.6) is 0 Å². The molecule has 0 aliphatic heterocycles. The van der Waals surface area contributed by atoms with Crippen LogP contribution in [0.4, 0.5) is 23.4 Å². The van der Waals surface area contributed by atoms with Crippen molar-refractivity contribution in [2.75, 3.05) is 23.4 Å². The van der Waals surface area contributed by atoms with Crippen molar-refractivity contribution in [3.05, 3.63) is 35.8 Å². The van der Waals surface area contributed by atoms with E-state index in [0.29, 0.717) is 28.7 Å². The summed E-state index contributed by atoms with van der Waals surface area (Å²) in [6.07, 6.45) is 1.63. The average molecular weight is 323 g/mol. The predicted octanol–water partition coefficient (Wildman–Crippen LogP) is 3.00. The van der Waals surface area contributed by atoms with E-state index in [-0.39, 0.29) is 0 Å². The van der Waals surface area contributed by atoms with Crippen molar-refractivity contribution in [2.24, 2.45) is 0 Å². The Bertz CT molecular complexity index is 1010. The largest absolute Gasteiger partial charge is 0.383 e. The second kappa shape index (κ2) is 5.33. The lowest BCUT2D eigenvalue weighted by Gasteiger charge is -2.06. The van der Waals surface area contributed by atoms with Crippen molar-refractivity contribution < 1.29 is 0 Å². The highest BCUT2D eigenvalue weighted by Crippen LogP contribution is 2.31. The molecule has 0 spiro atoms. The van der Waals surface area contributed by atoms with Crippen LogP contribution in [0.3, 0.4) is 0 Å². The SMILES string of the molecule is CNc1nc(N)c2cnc(Nc3csc4ccccc34)nc2n1. The van der Waals surface area contributed by atoms with Crippen LogP contribution < -0.4 is 16.4 Å². The van der Waals surface area contributed by atoms with E-state index < -0.39 is 0 Å². The molecule has 4 N–H and O–H groups in total. The summed E-state index contributed by atoms with van der Waals surface area (Å²) in [7, 11) is 1.73. The lowest BCUT2D eigenvalue weighted by atomic mass is 10.2. The topological polar surface area (TPSA) is 102 Å². The second-order valence-electron chi connectivity index (χ2n) is 4.88. The van der Waals surface area contributed by atoms with Gasteiger partial charge in [0.25, 0.3) is 0 Å². The van der Waals surface area contributed by atoms with Crippen LogP contribution >= 0.6 is 11.3 Å². The summed E-state index contributed by atoms with van der Waals surface area (Å²) in [5, 5.41) is 9.93. The molecule has 0 aliphatic rings. The third-order valence-electron chi connectivity index (χ3n) is 3.43. The molecule has 7 nitrogen and oxygen atoms in total. The molecule has 23 heavy (non-hydrogen) atoms. The maximum atomic E-state index is 5.90.